The monoisotopic (exact) mass is 394 g/mol. The van der Waals surface area contributed by atoms with E-state index in [0.29, 0.717) is 16.8 Å². The first-order valence-corrected chi connectivity index (χ1v) is 9.05. The zero-order valence-corrected chi connectivity index (χ0v) is 16.1. The van der Waals surface area contributed by atoms with Gasteiger partial charge in [0.2, 0.25) is 0 Å². The Morgan fingerprint density at radius 3 is 2.31 bits per heavy atom. The van der Waals surface area contributed by atoms with Crippen molar-refractivity contribution >= 4 is 17.5 Å². The van der Waals surface area contributed by atoms with Crippen LogP contribution in [0.25, 0.3) is 0 Å². The van der Waals surface area contributed by atoms with E-state index in [0.717, 1.165) is 11.1 Å². The molecular formula is C23H20F2N2O2. The number of halogens is 2. The van der Waals surface area contributed by atoms with Crippen LogP contribution >= 0.6 is 0 Å². The van der Waals surface area contributed by atoms with Crippen LogP contribution in [0.15, 0.2) is 60.7 Å². The zero-order valence-electron chi connectivity index (χ0n) is 16.1. The number of hydrogen-bond donors (Lipinski definition) is 2. The van der Waals surface area contributed by atoms with Crippen LogP contribution in [-0.2, 0) is 6.54 Å². The van der Waals surface area contributed by atoms with Gasteiger partial charge in [-0.15, -0.1) is 0 Å². The third-order valence-corrected chi connectivity index (χ3v) is 4.54. The van der Waals surface area contributed by atoms with E-state index < -0.39 is 11.7 Å². The highest BCUT2D eigenvalue weighted by Gasteiger charge is 2.14. The Bertz CT molecular complexity index is 1080. The van der Waals surface area contributed by atoms with Gasteiger partial charge in [-0.1, -0.05) is 30.3 Å². The average Bonchev–Trinajstić information content (AvgIpc) is 2.70. The lowest BCUT2D eigenvalue weighted by molar-refractivity contribution is 0.0949. The Balaban J connectivity index is 1.72. The van der Waals surface area contributed by atoms with Gasteiger partial charge < -0.3 is 10.6 Å². The topological polar surface area (TPSA) is 58.2 Å². The summed E-state index contributed by atoms with van der Waals surface area (Å²) in [5, 5.41) is 5.42. The summed E-state index contributed by atoms with van der Waals surface area (Å²) in [7, 11) is 0. The lowest BCUT2D eigenvalue weighted by Gasteiger charge is -2.12. The molecule has 0 heterocycles. The van der Waals surface area contributed by atoms with E-state index in [1.54, 1.807) is 50.2 Å². The molecule has 0 fully saturated rings. The van der Waals surface area contributed by atoms with Crippen LogP contribution in [0.5, 0.6) is 0 Å². The van der Waals surface area contributed by atoms with E-state index in [9.17, 15) is 18.4 Å². The van der Waals surface area contributed by atoms with Crippen LogP contribution in [0.1, 0.15) is 37.4 Å². The summed E-state index contributed by atoms with van der Waals surface area (Å²) in [6, 6.07) is 15.2. The minimum atomic E-state index is -0.619. The molecule has 0 aromatic heterocycles. The number of nitrogens with one attached hydrogen (secondary N) is 2. The quantitative estimate of drug-likeness (QED) is 0.655. The number of hydrogen-bond acceptors (Lipinski definition) is 2. The molecule has 0 saturated carbocycles. The Kier molecular flexibility index (Phi) is 6.02. The summed E-state index contributed by atoms with van der Waals surface area (Å²) in [4.78, 5) is 24.8. The highest BCUT2D eigenvalue weighted by molar-refractivity contribution is 6.05. The third-order valence-electron chi connectivity index (χ3n) is 4.54. The van der Waals surface area contributed by atoms with Crippen molar-refractivity contribution in [2.45, 2.75) is 20.4 Å². The van der Waals surface area contributed by atoms with E-state index in [-0.39, 0.29) is 23.8 Å². The molecule has 0 spiro atoms. The summed E-state index contributed by atoms with van der Waals surface area (Å²) < 4.78 is 27.2. The first kappa shape index (κ1) is 20.2. The molecule has 3 aromatic carbocycles. The fourth-order valence-corrected chi connectivity index (χ4v) is 2.83. The predicted molar refractivity (Wildman–Crippen MR) is 108 cm³/mol. The highest BCUT2D eigenvalue weighted by Crippen LogP contribution is 2.19. The molecule has 29 heavy (non-hydrogen) atoms. The third kappa shape index (κ3) is 4.85. The van der Waals surface area contributed by atoms with Crippen LogP contribution < -0.4 is 10.6 Å². The number of amides is 2. The smallest absolute Gasteiger partial charge is 0.258 e. The van der Waals surface area contributed by atoms with Crippen LogP contribution in [0.2, 0.25) is 0 Å². The summed E-state index contributed by atoms with van der Waals surface area (Å²) in [6.45, 7) is 3.68. The van der Waals surface area contributed by atoms with Gasteiger partial charge >= 0.3 is 0 Å². The molecule has 4 nitrogen and oxygen atoms in total. The molecular weight excluding hydrogens is 374 g/mol. The van der Waals surface area contributed by atoms with Crippen molar-refractivity contribution in [2.24, 2.45) is 0 Å². The van der Waals surface area contributed by atoms with Crippen LogP contribution in [-0.4, -0.2) is 11.8 Å². The van der Waals surface area contributed by atoms with Crippen molar-refractivity contribution < 1.29 is 18.4 Å². The molecule has 0 radical (unpaired) electrons. The molecule has 6 heteroatoms. The Morgan fingerprint density at radius 2 is 1.59 bits per heavy atom. The summed E-state index contributed by atoms with van der Waals surface area (Å²) in [5.74, 6) is -1.85. The summed E-state index contributed by atoms with van der Waals surface area (Å²) in [5.41, 5.74) is 2.71. The van der Waals surface area contributed by atoms with Gasteiger partial charge in [-0.25, -0.2) is 8.78 Å². The lowest BCUT2D eigenvalue weighted by atomic mass is 10.1. The number of anilines is 1. The molecule has 3 aromatic rings. The predicted octanol–water partition coefficient (Wildman–Crippen LogP) is 4.76. The molecule has 0 aliphatic heterocycles. The maximum Gasteiger partial charge on any atom is 0.258 e. The molecule has 148 valence electrons. The van der Waals surface area contributed by atoms with E-state index >= 15 is 0 Å². The zero-order chi connectivity index (χ0) is 21.0. The fraction of sp³-hybridized carbons (Fsp3) is 0.130. The molecule has 2 amide bonds. The van der Waals surface area contributed by atoms with Gasteiger partial charge in [0.1, 0.15) is 11.6 Å². The summed E-state index contributed by atoms with van der Waals surface area (Å²) in [6.07, 6.45) is 0. The molecule has 3 rings (SSSR count). The molecule has 2 N–H and O–H groups in total. The standard InChI is InChI=1S/C23H20F2N2O2/c1-14-7-9-17(22(28)26-13-16-8-10-19(24)15(2)11-16)12-21(14)27-23(29)18-5-3-4-6-20(18)25/h3-12H,13H2,1-2H3,(H,26,28)(H,27,29). The molecule has 0 aliphatic rings. The van der Waals surface area contributed by atoms with Crippen LogP contribution in [0.3, 0.4) is 0 Å². The first-order valence-electron chi connectivity index (χ1n) is 9.05. The van der Waals surface area contributed by atoms with Crippen molar-refractivity contribution in [1.29, 1.82) is 0 Å². The van der Waals surface area contributed by atoms with Crippen molar-refractivity contribution in [3.05, 3.63) is 100 Å². The van der Waals surface area contributed by atoms with E-state index in [1.807, 2.05) is 0 Å². The van der Waals surface area contributed by atoms with Gasteiger partial charge in [0.15, 0.2) is 0 Å². The van der Waals surface area contributed by atoms with Crippen molar-refractivity contribution in [1.82, 2.24) is 5.32 Å². The SMILES string of the molecule is Cc1cc(CNC(=O)c2ccc(C)c(NC(=O)c3ccccc3F)c2)ccc1F. The van der Waals surface area contributed by atoms with Crippen molar-refractivity contribution in [3.8, 4) is 0 Å². The molecule has 0 aliphatic carbocycles. The van der Waals surface area contributed by atoms with Gasteiger partial charge in [-0.3, -0.25) is 9.59 Å². The fourth-order valence-electron chi connectivity index (χ4n) is 2.83. The van der Waals surface area contributed by atoms with Crippen LogP contribution in [0, 0.1) is 25.5 Å². The molecule has 0 atom stereocenters. The Hall–Kier alpha value is -3.54. The molecule has 0 saturated heterocycles. The second-order valence-electron chi connectivity index (χ2n) is 6.73. The van der Waals surface area contributed by atoms with Crippen LogP contribution in [0.4, 0.5) is 14.5 Å². The Labute approximate surface area is 167 Å². The maximum absolute atomic E-state index is 13.8. The van der Waals surface area contributed by atoms with Gasteiger partial charge in [-0.05, 0) is 60.9 Å². The van der Waals surface area contributed by atoms with Gasteiger partial charge in [0, 0.05) is 17.8 Å². The van der Waals surface area contributed by atoms with Gasteiger partial charge in [0.25, 0.3) is 11.8 Å². The van der Waals surface area contributed by atoms with E-state index in [1.165, 1.54) is 24.3 Å². The van der Waals surface area contributed by atoms with Gasteiger partial charge in [0.05, 0.1) is 5.56 Å². The second-order valence-corrected chi connectivity index (χ2v) is 6.73. The number of carbonyl (C=O) groups is 2. The van der Waals surface area contributed by atoms with E-state index in [2.05, 4.69) is 10.6 Å². The van der Waals surface area contributed by atoms with Crippen molar-refractivity contribution in [2.75, 3.05) is 5.32 Å². The van der Waals surface area contributed by atoms with Gasteiger partial charge in [-0.2, -0.15) is 0 Å². The number of rotatable bonds is 5. The largest absolute Gasteiger partial charge is 0.348 e. The minimum Gasteiger partial charge on any atom is -0.348 e. The normalized spacial score (nSPS) is 10.5. The van der Waals surface area contributed by atoms with Crippen molar-refractivity contribution in [3.63, 3.8) is 0 Å². The second kappa shape index (κ2) is 8.65. The minimum absolute atomic E-state index is 0.0755. The summed E-state index contributed by atoms with van der Waals surface area (Å²) >= 11 is 0. The number of aryl methyl sites for hydroxylation is 2. The lowest BCUT2D eigenvalue weighted by Crippen LogP contribution is -2.23. The number of carbonyl (C=O) groups excluding carboxylic acids is 2. The highest BCUT2D eigenvalue weighted by atomic mass is 19.1. The maximum atomic E-state index is 13.8. The Morgan fingerprint density at radius 1 is 0.828 bits per heavy atom. The molecule has 0 bridgehead atoms. The van der Waals surface area contributed by atoms with E-state index in [4.69, 9.17) is 0 Å². The average molecular weight is 394 g/mol. The number of benzene rings is 3. The molecule has 0 unspecified atom stereocenters. The first-order chi connectivity index (χ1) is 13.8.